The van der Waals surface area contributed by atoms with Crippen molar-refractivity contribution in [3.05, 3.63) is 47.5 Å². The molecular weight excluding hydrogens is 296 g/mol. The third-order valence-corrected chi connectivity index (χ3v) is 3.84. The summed E-state index contributed by atoms with van der Waals surface area (Å²) in [5, 5.41) is 0. The van der Waals surface area contributed by atoms with E-state index in [9.17, 15) is 4.79 Å². The Balaban J connectivity index is 2.00. The number of carbonyl (C=O) groups is 1. The molecule has 0 amide bonds. The Kier molecular flexibility index (Phi) is 4.10. The topological polar surface area (TPSA) is 54.0 Å². The van der Waals surface area contributed by atoms with Crippen molar-refractivity contribution < 1.29 is 23.7 Å². The number of hydrogen-bond acceptors (Lipinski definition) is 5. The van der Waals surface area contributed by atoms with E-state index in [-0.39, 0.29) is 18.7 Å². The fourth-order valence-corrected chi connectivity index (χ4v) is 2.59. The maximum atomic E-state index is 11.4. The molecule has 0 fully saturated rings. The summed E-state index contributed by atoms with van der Waals surface area (Å²) in [5.41, 5.74) is 1.95. The van der Waals surface area contributed by atoms with Crippen LogP contribution in [0.2, 0.25) is 0 Å². The normalized spacial score (nSPS) is 13.5. The molecule has 0 N–H and O–H groups in total. The van der Waals surface area contributed by atoms with Crippen molar-refractivity contribution in [2.24, 2.45) is 0 Å². The third kappa shape index (κ3) is 3.08. The molecule has 3 rings (SSSR count). The van der Waals surface area contributed by atoms with Crippen LogP contribution in [0.3, 0.4) is 0 Å². The second-order valence-electron chi connectivity index (χ2n) is 5.33. The van der Waals surface area contributed by atoms with Crippen LogP contribution in [0.15, 0.2) is 36.4 Å². The quantitative estimate of drug-likeness (QED) is 0.638. The van der Waals surface area contributed by atoms with Crippen molar-refractivity contribution in [3.63, 3.8) is 0 Å². The standard InChI is InChI=1S/C18H18O5/c1-11(13-4-6-14(20-3)7-5-13)15-8-17-18(22-10-21-17)9-16(15)23-12(2)19/h4-9,11H,10H2,1-3H3/t11-/m0/s1. The van der Waals surface area contributed by atoms with Crippen LogP contribution in [0.5, 0.6) is 23.0 Å². The molecule has 120 valence electrons. The molecule has 0 saturated heterocycles. The number of methoxy groups -OCH3 is 1. The third-order valence-electron chi connectivity index (χ3n) is 3.84. The molecule has 0 unspecified atom stereocenters. The Morgan fingerprint density at radius 2 is 1.78 bits per heavy atom. The number of esters is 1. The fraction of sp³-hybridized carbons (Fsp3) is 0.278. The Hall–Kier alpha value is -2.69. The Bertz CT molecular complexity index is 721. The molecule has 1 heterocycles. The smallest absolute Gasteiger partial charge is 0.308 e. The molecular formula is C18H18O5. The Labute approximate surface area is 134 Å². The molecule has 1 aliphatic heterocycles. The van der Waals surface area contributed by atoms with Gasteiger partial charge in [0, 0.05) is 24.5 Å². The Morgan fingerprint density at radius 3 is 2.39 bits per heavy atom. The summed E-state index contributed by atoms with van der Waals surface area (Å²) in [6, 6.07) is 11.4. The number of hydrogen-bond donors (Lipinski definition) is 0. The first-order chi connectivity index (χ1) is 11.1. The number of fused-ring (bicyclic) bond motifs is 1. The van der Waals surface area contributed by atoms with Crippen LogP contribution >= 0.6 is 0 Å². The van der Waals surface area contributed by atoms with E-state index in [1.807, 2.05) is 37.3 Å². The molecule has 5 heteroatoms. The van der Waals surface area contributed by atoms with Crippen LogP contribution in [0.4, 0.5) is 0 Å². The number of carbonyl (C=O) groups excluding carboxylic acids is 1. The number of benzene rings is 2. The zero-order valence-corrected chi connectivity index (χ0v) is 13.3. The van der Waals surface area contributed by atoms with Gasteiger partial charge in [-0.2, -0.15) is 0 Å². The first kappa shape index (κ1) is 15.2. The SMILES string of the molecule is COc1ccc([C@H](C)c2cc3c(cc2OC(C)=O)OCO3)cc1. The van der Waals surface area contributed by atoms with Crippen molar-refractivity contribution in [1.29, 1.82) is 0 Å². The van der Waals surface area contributed by atoms with E-state index in [4.69, 9.17) is 18.9 Å². The minimum Gasteiger partial charge on any atom is -0.497 e. The maximum Gasteiger partial charge on any atom is 0.308 e. The maximum absolute atomic E-state index is 11.4. The molecule has 2 aromatic carbocycles. The molecule has 0 radical (unpaired) electrons. The Morgan fingerprint density at radius 1 is 1.13 bits per heavy atom. The van der Waals surface area contributed by atoms with Crippen molar-refractivity contribution in [3.8, 4) is 23.0 Å². The van der Waals surface area contributed by atoms with Crippen molar-refractivity contribution in [2.45, 2.75) is 19.8 Å². The van der Waals surface area contributed by atoms with Crippen LogP contribution in [0.1, 0.15) is 30.9 Å². The summed E-state index contributed by atoms with van der Waals surface area (Å²) in [6.45, 7) is 3.61. The lowest BCUT2D eigenvalue weighted by Crippen LogP contribution is -2.06. The van der Waals surface area contributed by atoms with Gasteiger partial charge in [0.1, 0.15) is 11.5 Å². The van der Waals surface area contributed by atoms with Gasteiger partial charge in [0.25, 0.3) is 0 Å². The minimum absolute atomic E-state index is 0.0183. The largest absolute Gasteiger partial charge is 0.497 e. The molecule has 0 saturated carbocycles. The molecule has 0 aromatic heterocycles. The fourth-order valence-electron chi connectivity index (χ4n) is 2.59. The average molecular weight is 314 g/mol. The zero-order valence-electron chi connectivity index (χ0n) is 13.3. The molecule has 0 aliphatic carbocycles. The second-order valence-corrected chi connectivity index (χ2v) is 5.33. The van der Waals surface area contributed by atoms with Gasteiger partial charge in [0.2, 0.25) is 6.79 Å². The van der Waals surface area contributed by atoms with Crippen molar-refractivity contribution in [1.82, 2.24) is 0 Å². The lowest BCUT2D eigenvalue weighted by Gasteiger charge is -2.17. The first-order valence-corrected chi connectivity index (χ1v) is 7.34. The highest BCUT2D eigenvalue weighted by atomic mass is 16.7. The van der Waals surface area contributed by atoms with E-state index in [1.165, 1.54) is 6.92 Å². The van der Waals surface area contributed by atoms with Gasteiger partial charge in [0.05, 0.1) is 7.11 Å². The van der Waals surface area contributed by atoms with E-state index in [0.29, 0.717) is 17.2 Å². The molecule has 5 nitrogen and oxygen atoms in total. The van der Waals surface area contributed by atoms with Crippen molar-refractivity contribution >= 4 is 5.97 Å². The van der Waals surface area contributed by atoms with Crippen molar-refractivity contribution in [2.75, 3.05) is 13.9 Å². The second kappa shape index (κ2) is 6.20. The monoisotopic (exact) mass is 314 g/mol. The minimum atomic E-state index is -0.368. The van der Waals surface area contributed by atoms with Gasteiger partial charge < -0.3 is 18.9 Å². The molecule has 1 atom stereocenters. The van der Waals surface area contributed by atoms with Gasteiger partial charge in [-0.25, -0.2) is 0 Å². The number of ether oxygens (including phenoxy) is 4. The average Bonchev–Trinajstić information content (AvgIpc) is 3.00. The van der Waals surface area contributed by atoms with E-state index >= 15 is 0 Å². The van der Waals surface area contributed by atoms with Crippen LogP contribution < -0.4 is 18.9 Å². The highest BCUT2D eigenvalue weighted by Crippen LogP contribution is 2.42. The van der Waals surface area contributed by atoms with Crippen LogP contribution in [0, 0.1) is 0 Å². The lowest BCUT2D eigenvalue weighted by atomic mass is 9.92. The van der Waals surface area contributed by atoms with Crippen LogP contribution in [0.25, 0.3) is 0 Å². The van der Waals surface area contributed by atoms with E-state index in [0.717, 1.165) is 16.9 Å². The van der Waals surface area contributed by atoms with E-state index in [1.54, 1.807) is 13.2 Å². The summed E-state index contributed by atoms with van der Waals surface area (Å²) in [6.07, 6.45) is 0. The van der Waals surface area contributed by atoms with E-state index in [2.05, 4.69) is 0 Å². The highest BCUT2D eigenvalue weighted by Gasteiger charge is 2.22. The van der Waals surface area contributed by atoms with Crippen LogP contribution in [-0.2, 0) is 4.79 Å². The zero-order chi connectivity index (χ0) is 16.4. The molecule has 0 spiro atoms. The lowest BCUT2D eigenvalue weighted by molar-refractivity contribution is -0.131. The molecule has 1 aliphatic rings. The van der Waals surface area contributed by atoms with Crippen LogP contribution in [-0.4, -0.2) is 19.9 Å². The molecule has 2 aromatic rings. The predicted molar refractivity (Wildman–Crippen MR) is 84.4 cm³/mol. The summed E-state index contributed by atoms with van der Waals surface area (Å²) in [5.74, 6) is 2.19. The highest BCUT2D eigenvalue weighted by molar-refractivity contribution is 5.71. The molecule has 23 heavy (non-hydrogen) atoms. The predicted octanol–water partition coefficient (Wildman–Crippen LogP) is 3.50. The number of rotatable bonds is 4. The molecule has 0 bridgehead atoms. The summed E-state index contributed by atoms with van der Waals surface area (Å²) in [7, 11) is 1.63. The summed E-state index contributed by atoms with van der Waals surface area (Å²) in [4.78, 5) is 11.4. The van der Waals surface area contributed by atoms with E-state index < -0.39 is 0 Å². The van der Waals surface area contributed by atoms with Gasteiger partial charge in [-0.3, -0.25) is 4.79 Å². The summed E-state index contributed by atoms with van der Waals surface area (Å²) >= 11 is 0. The first-order valence-electron chi connectivity index (χ1n) is 7.34. The van der Waals surface area contributed by atoms with Gasteiger partial charge in [-0.1, -0.05) is 19.1 Å². The summed E-state index contributed by atoms with van der Waals surface area (Å²) < 4.78 is 21.3. The van der Waals surface area contributed by atoms with Gasteiger partial charge >= 0.3 is 5.97 Å². The van der Waals surface area contributed by atoms with Gasteiger partial charge in [0.15, 0.2) is 11.5 Å². The van der Waals surface area contributed by atoms with Gasteiger partial charge in [-0.15, -0.1) is 0 Å². The van der Waals surface area contributed by atoms with Gasteiger partial charge in [-0.05, 0) is 23.8 Å².